The number of aryl methyl sites for hydroxylation is 1. The quantitative estimate of drug-likeness (QED) is 0.515. The third-order valence-electron chi connectivity index (χ3n) is 1.91. The van der Waals surface area contributed by atoms with Gasteiger partial charge in [-0.05, 0) is 25.1 Å². The highest BCUT2D eigenvalue weighted by Crippen LogP contribution is 2.09. The average molecular weight is 184 g/mol. The maximum Gasteiger partial charge on any atom is 0.0738 e. The summed E-state index contributed by atoms with van der Waals surface area (Å²) in [4.78, 5) is 2.07. The standard InChI is InChI=1S/C10H14ClN/c1-9-5-3-4-6-10(9)7-12(2)8-11/h3-6H,7-8H2,1-2H3. The van der Waals surface area contributed by atoms with Crippen molar-refractivity contribution in [2.75, 3.05) is 13.1 Å². The highest BCUT2D eigenvalue weighted by atomic mass is 35.5. The smallest absolute Gasteiger partial charge is 0.0738 e. The number of hydrogen-bond acceptors (Lipinski definition) is 1. The molecule has 0 fully saturated rings. The maximum absolute atomic E-state index is 5.68. The summed E-state index contributed by atoms with van der Waals surface area (Å²) < 4.78 is 0. The molecule has 0 amide bonds. The lowest BCUT2D eigenvalue weighted by molar-refractivity contribution is 0.381. The normalized spacial score (nSPS) is 10.7. The molecule has 0 saturated carbocycles. The van der Waals surface area contributed by atoms with Gasteiger partial charge in [0.2, 0.25) is 0 Å². The van der Waals surface area contributed by atoms with Gasteiger partial charge in [0.15, 0.2) is 0 Å². The Morgan fingerprint density at radius 1 is 1.33 bits per heavy atom. The van der Waals surface area contributed by atoms with Crippen molar-refractivity contribution < 1.29 is 0 Å². The predicted molar refractivity (Wildman–Crippen MR) is 53.4 cm³/mol. The van der Waals surface area contributed by atoms with E-state index < -0.39 is 0 Å². The van der Waals surface area contributed by atoms with Gasteiger partial charge in [0, 0.05) is 6.54 Å². The van der Waals surface area contributed by atoms with Gasteiger partial charge >= 0.3 is 0 Å². The number of rotatable bonds is 3. The topological polar surface area (TPSA) is 3.24 Å². The van der Waals surface area contributed by atoms with Crippen LogP contribution in [0.25, 0.3) is 0 Å². The van der Waals surface area contributed by atoms with E-state index in [0.717, 1.165) is 6.54 Å². The fourth-order valence-corrected chi connectivity index (χ4v) is 1.21. The molecule has 0 aliphatic heterocycles. The summed E-state index contributed by atoms with van der Waals surface area (Å²) in [5.74, 6) is 0. The lowest BCUT2D eigenvalue weighted by Crippen LogP contribution is -2.15. The Morgan fingerprint density at radius 2 is 2.00 bits per heavy atom. The third-order valence-corrected chi connectivity index (χ3v) is 2.31. The fraction of sp³-hybridized carbons (Fsp3) is 0.400. The van der Waals surface area contributed by atoms with Crippen molar-refractivity contribution in [1.29, 1.82) is 0 Å². The zero-order valence-electron chi connectivity index (χ0n) is 7.55. The molecule has 0 radical (unpaired) electrons. The molecule has 0 heterocycles. The van der Waals surface area contributed by atoms with Gasteiger partial charge in [-0.1, -0.05) is 24.3 Å². The van der Waals surface area contributed by atoms with E-state index in [1.807, 2.05) is 7.05 Å². The highest BCUT2D eigenvalue weighted by Gasteiger charge is 1.99. The summed E-state index contributed by atoms with van der Waals surface area (Å²) in [6.45, 7) is 3.05. The summed E-state index contributed by atoms with van der Waals surface area (Å²) >= 11 is 5.68. The Balaban J connectivity index is 2.69. The van der Waals surface area contributed by atoms with Crippen molar-refractivity contribution in [3.05, 3.63) is 35.4 Å². The Hall–Kier alpha value is -0.530. The first kappa shape index (κ1) is 9.56. The molecule has 0 spiro atoms. The molecule has 0 unspecified atom stereocenters. The highest BCUT2D eigenvalue weighted by molar-refractivity contribution is 6.17. The molecule has 1 aromatic rings. The molecule has 1 nitrogen and oxygen atoms in total. The summed E-state index contributed by atoms with van der Waals surface area (Å²) in [6, 6.07) is 8.95. The summed E-state index contributed by atoms with van der Waals surface area (Å²) in [5, 5.41) is 0. The molecule has 2 heteroatoms. The van der Waals surface area contributed by atoms with E-state index in [9.17, 15) is 0 Å². The molecular weight excluding hydrogens is 170 g/mol. The minimum Gasteiger partial charge on any atom is -0.289 e. The Kier molecular flexibility index (Phi) is 3.57. The van der Waals surface area contributed by atoms with Gasteiger partial charge in [-0.3, -0.25) is 4.90 Å². The summed E-state index contributed by atoms with van der Waals surface area (Å²) in [5.41, 5.74) is 2.68. The van der Waals surface area contributed by atoms with Crippen molar-refractivity contribution in [3.8, 4) is 0 Å². The lowest BCUT2D eigenvalue weighted by atomic mass is 10.1. The van der Waals surface area contributed by atoms with Gasteiger partial charge < -0.3 is 0 Å². The molecule has 0 saturated heterocycles. The van der Waals surface area contributed by atoms with Crippen LogP contribution in [-0.4, -0.2) is 18.0 Å². The Labute approximate surface area is 79.0 Å². The van der Waals surface area contributed by atoms with E-state index in [0.29, 0.717) is 6.00 Å². The van der Waals surface area contributed by atoms with Crippen LogP contribution in [0, 0.1) is 6.92 Å². The van der Waals surface area contributed by atoms with Crippen molar-refractivity contribution in [1.82, 2.24) is 4.90 Å². The zero-order valence-corrected chi connectivity index (χ0v) is 8.30. The molecule has 0 atom stereocenters. The second-order valence-corrected chi connectivity index (χ2v) is 3.30. The molecule has 1 rings (SSSR count). The van der Waals surface area contributed by atoms with E-state index in [4.69, 9.17) is 11.6 Å². The van der Waals surface area contributed by atoms with Gasteiger partial charge in [0.05, 0.1) is 6.00 Å². The van der Waals surface area contributed by atoms with Crippen LogP contribution in [0.4, 0.5) is 0 Å². The Bertz CT molecular complexity index is 247. The van der Waals surface area contributed by atoms with Crippen LogP contribution >= 0.6 is 11.6 Å². The van der Waals surface area contributed by atoms with Crippen molar-refractivity contribution in [2.24, 2.45) is 0 Å². The second-order valence-electron chi connectivity index (χ2n) is 3.06. The monoisotopic (exact) mass is 183 g/mol. The van der Waals surface area contributed by atoms with E-state index in [2.05, 4.69) is 36.1 Å². The first-order valence-corrected chi connectivity index (χ1v) is 4.56. The molecule has 0 aliphatic rings. The number of hydrogen-bond donors (Lipinski definition) is 0. The Morgan fingerprint density at radius 3 is 2.58 bits per heavy atom. The van der Waals surface area contributed by atoms with E-state index >= 15 is 0 Å². The van der Waals surface area contributed by atoms with Crippen LogP contribution < -0.4 is 0 Å². The van der Waals surface area contributed by atoms with Gasteiger partial charge in [0.25, 0.3) is 0 Å². The van der Waals surface area contributed by atoms with E-state index in [-0.39, 0.29) is 0 Å². The fourth-order valence-electron chi connectivity index (χ4n) is 1.12. The molecule has 66 valence electrons. The number of nitrogens with zero attached hydrogens (tertiary/aromatic N) is 1. The minimum atomic E-state index is 0.578. The first-order chi connectivity index (χ1) is 5.74. The van der Waals surface area contributed by atoms with Crippen LogP contribution in [0.3, 0.4) is 0 Å². The third kappa shape index (κ3) is 2.50. The van der Waals surface area contributed by atoms with Crippen LogP contribution in [-0.2, 0) is 6.54 Å². The van der Waals surface area contributed by atoms with Crippen molar-refractivity contribution >= 4 is 11.6 Å². The van der Waals surface area contributed by atoms with E-state index in [1.165, 1.54) is 11.1 Å². The minimum absolute atomic E-state index is 0.578. The number of benzene rings is 1. The van der Waals surface area contributed by atoms with E-state index in [1.54, 1.807) is 0 Å². The van der Waals surface area contributed by atoms with Gasteiger partial charge in [-0.25, -0.2) is 0 Å². The SMILES string of the molecule is Cc1ccccc1CN(C)CCl. The number of alkyl halides is 1. The van der Waals surface area contributed by atoms with Gasteiger partial charge in [0.1, 0.15) is 0 Å². The van der Waals surface area contributed by atoms with Crippen LogP contribution in [0.5, 0.6) is 0 Å². The molecule has 0 aromatic heterocycles. The second kappa shape index (κ2) is 4.48. The molecule has 0 aliphatic carbocycles. The van der Waals surface area contributed by atoms with Crippen LogP contribution in [0.1, 0.15) is 11.1 Å². The molecule has 12 heavy (non-hydrogen) atoms. The van der Waals surface area contributed by atoms with Crippen LogP contribution in [0.2, 0.25) is 0 Å². The first-order valence-electron chi connectivity index (χ1n) is 4.03. The summed E-state index contributed by atoms with van der Waals surface area (Å²) in [6.07, 6.45) is 0. The van der Waals surface area contributed by atoms with Gasteiger partial charge in [-0.2, -0.15) is 0 Å². The van der Waals surface area contributed by atoms with Gasteiger partial charge in [-0.15, -0.1) is 11.6 Å². The molecule has 0 bridgehead atoms. The molecular formula is C10H14ClN. The number of halogens is 1. The largest absolute Gasteiger partial charge is 0.289 e. The average Bonchev–Trinajstić information content (AvgIpc) is 2.09. The summed E-state index contributed by atoms with van der Waals surface area (Å²) in [7, 11) is 2.01. The zero-order chi connectivity index (χ0) is 8.97. The lowest BCUT2D eigenvalue weighted by Gasteiger charge is -2.13. The maximum atomic E-state index is 5.68. The van der Waals surface area contributed by atoms with Crippen LogP contribution in [0.15, 0.2) is 24.3 Å². The van der Waals surface area contributed by atoms with Crippen molar-refractivity contribution in [3.63, 3.8) is 0 Å². The predicted octanol–water partition coefficient (Wildman–Crippen LogP) is 2.62. The van der Waals surface area contributed by atoms with Crippen molar-refractivity contribution in [2.45, 2.75) is 13.5 Å². The molecule has 0 N–H and O–H groups in total. The molecule has 1 aromatic carbocycles.